The Labute approximate surface area is 99.9 Å². The number of hydroxylamine groups is 2. The highest BCUT2D eigenvalue weighted by Crippen LogP contribution is 2.17. The molecule has 0 bridgehead atoms. The minimum absolute atomic E-state index is 0.440. The second-order valence-electron chi connectivity index (χ2n) is 3.88. The molecule has 1 fully saturated rings. The molecule has 1 heterocycles. The van der Waals surface area contributed by atoms with E-state index >= 15 is 0 Å². The van der Waals surface area contributed by atoms with Crippen LogP contribution in [-0.4, -0.2) is 23.4 Å². The number of nitrogens with zero attached hydrogens (tertiary/aromatic N) is 1. The van der Waals surface area contributed by atoms with Crippen molar-refractivity contribution in [2.24, 2.45) is 0 Å². The van der Waals surface area contributed by atoms with Gasteiger partial charge in [0.05, 0.1) is 0 Å². The molecule has 0 atom stereocenters. The van der Waals surface area contributed by atoms with Gasteiger partial charge in [-0.15, -0.1) is 5.06 Å². The first-order chi connectivity index (χ1) is 7.75. The van der Waals surface area contributed by atoms with Crippen molar-refractivity contribution in [2.75, 3.05) is 13.1 Å². The average molecular weight is 240 g/mol. The number of hydrogen-bond donors (Lipinski definition) is 0. The number of piperidine rings is 1. The fraction of sp³-hybridized carbons (Fsp3) is 0.417. The quantitative estimate of drug-likeness (QED) is 0.760. The lowest BCUT2D eigenvalue weighted by atomic mass is 10.2. The van der Waals surface area contributed by atoms with E-state index in [1.807, 2.05) is 5.06 Å². The monoisotopic (exact) mass is 239 g/mol. The molecule has 16 heavy (non-hydrogen) atoms. The summed E-state index contributed by atoms with van der Waals surface area (Å²) in [5, 5.41) is 1.52. The van der Waals surface area contributed by atoms with E-state index in [2.05, 4.69) is 0 Å². The first-order valence-electron chi connectivity index (χ1n) is 5.48. The number of carbonyl (C=O) groups is 1. The average Bonchev–Trinajstić information content (AvgIpc) is 2.31. The Balaban J connectivity index is 1.96. The van der Waals surface area contributed by atoms with Crippen LogP contribution in [0, 0.1) is 0 Å². The molecule has 3 nitrogen and oxygen atoms in total. The predicted octanol–water partition coefficient (Wildman–Crippen LogP) is 2.85. The van der Waals surface area contributed by atoms with Crippen LogP contribution in [0.4, 0.5) is 0 Å². The zero-order valence-corrected chi connectivity index (χ0v) is 9.74. The van der Waals surface area contributed by atoms with Crippen molar-refractivity contribution in [1.82, 2.24) is 5.06 Å². The molecular weight excluding hydrogens is 226 g/mol. The van der Waals surface area contributed by atoms with Gasteiger partial charge in [0.15, 0.2) is 0 Å². The van der Waals surface area contributed by atoms with Gasteiger partial charge < -0.3 is 4.84 Å². The Bertz CT molecular complexity index is 358. The maximum absolute atomic E-state index is 10.9. The summed E-state index contributed by atoms with van der Waals surface area (Å²) < 4.78 is 0. The van der Waals surface area contributed by atoms with Crippen molar-refractivity contribution < 1.29 is 9.63 Å². The highest BCUT2D eigenvalue weighted by molar-refractivity contribution is 6.67. The van der Waals surface area contributed by atoms with Gasteiger partial charge in [-0.3, -0.25) is 4.79 Å². The predicted molar refractivity (Wildman–Crippen MR) is 62.7 cm³/mol. The number of carbonyl (C=O) groups excluding carboxylic acids is 1. The summed E-state index contributed by atoms with van der Waals surface area (Å²) in [6.45, 7) is 1.94. The Morgan fingerprint density at radius 2 is 1.75 bits per heavy atom. The normalized spacial score (nSPS) is 17.1. The topological polar surface area (TPSA) is 29.5 Å². The summed E-state index contributed by atoms with van der Waals surface area (Å²) in [6, 6.07) is 6.89. The second kappa shape index (κ2) is 5.32. The third kappa shape index (κ3) is 2.97. The van der Waals surface area contributed by atoms with Crippen molar-refractivity contribution in [3.05, 3.63) is 29.8 Å². The van der Waals surface area contributed by atoms with Crippen molar-refractivity contribution in [3.8, 4) is 5.75 Å². The molecule has 0 spiro atoms. The second-order valence-corrected chi connectivity index (χ2v) is 4.22. The molecule has 0 unspecified atom stereocenters. The fourth-order valence-electron chi connectivity index (χ4n) is 1.75. The summed E-state index contributed by atoms with van der Waals surface area (Å²) in [5.74, 6) is 0.753. The van der Waals surface area contributed by atoms with Crippen molar-refractivity contribution in [3.63, 3.8) is 0 Å². The number of rotatable bonds is 3. The van der Waals surface area contributed by atoms with Gasteiger partial charge in [-0.1, -0.05) is 6.42 Å². The Morgan fingerprint density at radius 1 is 1.12 bits per heavy atom. The zero-order valence-electron chi connectivity index (χ0n) is 8.99. The van der Waals surface area contributed by atoms with Crippen LogP contribution in [0.5, 0.6) is 5.75 Å². The highest BCUT2D eigenvalue weighted by atomic mass is 35.5. The number of halogens is 1. The van der Waals surface area contributed by atoms with Crippen LogP contribution in [0.3, 0.4) is 0 Å². The third-order valence-corrected chi connectivity index (χ3v) is 2.85. The molecule has 4 heteroatoms. The van der Waals surface area contributed by atoms with Gasteiger partial charge in [0.25, 0.3) is 5.24 Å². The molecule has 0 aliphatic carbocycles. The molecule has 0 radical (unpaired) electrons. The van der Waals surface area contributed by atoms with Gasteiger partial charge >= 0.3 is 0 Å². The van der Waals surface area contributed by atoms with Crippen molar-refractivity contribution >= 4 is 16.8 Å². The minimum Gasteiger partial charge on any atom is -0.406 e. The molecule has 1 saturated heterocycles. The molecule has 86 valence electrons. The summed E-state index contributed by atoms with van der Waals surface area (Å²) >= 11 is 5.36. The van der Waals surface area contributed by atoms with E-state index in [9.17, 15) is 4.79 Å². The zero-order chi connectivity index (χ0) is 11.4. The van der Waals surface area contributed by atoms with Crippen LogP contribution in [0.2, 0.25) is 0 Å². The lowest BCUT2D eigenvalue weighted by Crippen LogP contribution is -2.32. The molecule has 0 N–H and O–H groups in total. The molecule has 1 aliphatic heterocycles. The van der Waals surface area contributed by atoms with Crippen LogP contribution >= 0.6 is 11.6 Å². The molecule has 0 amide bonds. The molecular formula is C12H14ClNO2. The van der Waals surface area contributed by atoms with E-state index in [0.29, 0.717) is 5.56 Å². The minimum atomic E-state index is -0.440. The smallest absolute Gasteiger partial charge is 0.252 e. The molecule has 1 aliphatic rings. The van der Waals surface area contributed by atoms with Crippen molar-refractivity contribution in [1.29, 1.82) is 0 Å². The van der Waals surface area contributed by atoms with E-state index < -0.39 is 5.24 Å². The van der Waals surface area contributed by atoms with Crippen LogP contribution in [0.1, 0.15) is 29.6 Å². The molecule has 0 saturated carbocycles. The fourth-order valence-corrected chi connectivity index (χ4v) is 1.88. The molecule has 1 aromatic rings. The van der Waals surface area contributed by atoms with E-state index in [0.717, 1.165) is 18.8 Å². The van der Waals surface area contributed by atoms with Gasteiger partial charge in [-0.2, -0.15) is 0 Å². The largest absolute Gasteiger partial charge is 0.406 e. The van der Waals surface area contributed by atoms with Gasteiger partial charge in [0.2, 0.25) is 0 Å². The van der Waals surface area contributed by atoms with Crippen LogP contribution in [-0.2, 0) is 0 Å². The molecule has 2 rings (SSSR count). The first kappa shape index (κ1) is 11.4. The van der Waals surface area contributed by atoms with E-state index in [-0.39, 0.29) is 0 Å². The maximum atomic E-state index is 10.9. The summed E-state index contributed by atoms with van der Waals surface area (Å²) in [7, 11) is 0. The van der Waals surface area contributed by atoms with Gasteiger partial charge in [0.1, 0.15) is 5.75 Å². The number of hydrogen-bond acceptors (Lipinski definition) is 3. The van der Waals surface area contributed by atoms with Crippen LogP contribution in [0.15, 0.2) is 24.3 Å². The van der Waals surface area contributed by atoms with Crippen molar-refractivity contribution in [2.45, 2.75) is 19.3 Å². The maximum Gasteiger partial charge on any atom is 0.252 e. The Kier molecular flexibility index (Phi) is 3.80. The lowest BCUT2D eigenvalue weighted by Gasteiger charge is -2.25. The summed E-state index contributed by atoms with van der Waals surface area (Å²) in [5.41, 5.74) is 0.493. The van der Waals surface area contributed by atoms with Crippen LogP contribution < -0.4 is 4.84 Å². The Hall–Kier alpha value is -1.06. The first-order valence-corrected chi connectivity index (χ1v) is 5.86. The lowest BCUT2D eigenvalue weighted by molar-refractivity contribution is -0.0720. The molecule has 0 aromatic heterocycles. The SMILES string of the molecule is O=C(Cl)c1ccc(ON2CCCCC2)cc1. The van der Waals surface area contributed by atoms with E-state index in [1.54, 1.807) is 24.3 Å². The summed E-state index contributed by atoms with van der Waals surface area (Å²) in [4.78, 5) is 16.5. The van der Waals surface area contributed by atoms with Crippen LogP contribution in [0.25, 0.3) is 0 Å². The van der Waals surface area contributed by atoms with E-state index in [4.69, 9.17) is 16.4 Å². The van der Waals surface area contributed by atoms with Gasteiger partial charge in [0, 0.05) is 18.7 Å². The standard InChI is InChI=1S/C12H14ClNO2/c13-12(15)10-4-6-11(7-5-10)16-14-8-2-1-3-9-14/h4-7H,1-3,8-9H2. The van der Waals surface area contributed by atoms with Gasteiger partial charge in [-0.25, -0.2) is 0 Å². The van der Waals surface area contributed by atoms with Gasteiger partial charge in [-0.05, 0) is 48.7 Å². The number of benzene rings is 1. The van der Waals surface area contributed by atoms with E-state index in [1.165, 1.54) is 19.3 Å². The summed E-state index contributed by atoms with van der Waals surface area (Å²) in [6.07, 6.45) is 3.63. The highest BCUT2D eigenvalue weighted by Gasteiger charge is 2.11. The Morgan fingerprint density at radius 3 is 2.31 bits per heavy atom. The third-order valence-electron chi connectivity index (χ3n) is 2.63. The molecule has 1 aromatic carbocycles.